The van der Waals surface area contributed by atoms with Crippen molar-refractivity contribution in [2.24, 2.45) is 5.41 Å². The Kier molecular flexibility index (Phi) is 6.87. The second kappa shape index (κ2) is 9.02. The molecule has 4 nitrogen and oxygen atoms in total. The molecule has 1 aliphatic carbocycles. The second-order valence-electron chi connectivity index (χ2n) is 8.82. The normalized spacial score (nSPS) is 21.0. The predicted molar refractivity (Wildman–Crippen MR) is 123 cm³/mol. The quantitative estimate of drug-likeness (QED) is 0.308. The molecule has 0 unspecified atom stereocenters. The van der Waals surface area contributed by atoms with Gasteiger partial charge in [0.1, 0.15) is 0 Å². The number of dihydropyridines is 1. The first-order valence-electron chi connectivity index (χ1n) is 10.4. The first-order valence-corrected chi connectivity index (χ1v) is 11.5. The molecule has 0 radical (unpaired) electrons. The first-order chi connectivity index (χ1) is 13.7. The van der Waals surface area contributed by atoms with Crippen LogP contribution < -0.4 is 5.32 Å². The van der Waals surface area contributed by atoms with Crippen LogP contribution in [0.2, 0.25) is 0 Å². The van der Waals surface area contributed by atoms with Gasteiger partial charge in [-0.3, -0.25) is 4.79 Å². The van der Waals surface area contributed by atoms with Crippen molar-refractivity contribution in [3.05, 3.63) is 55.9 Å². The van der Waals surface area contributed by atoms with Crippen LogP contribution in [0.5, 0.6) is 0 Å². The summed E-state index contributed by atoms with van der Waals surface area (Å²) in [5, 5.41) is 3.38. The number of unbranched alkanes of at least 4 members (excludes halogenated alkanes) is 2. The highest BCUT2D eigenvalue weighted by Crippen LogP contribution is 2.46. The fourth-order valence-electron chi connectivity index (χ4n) is 4.29. The summed E-state index contributed by atoms with van der Waals surface area (Å²) in [6.45, 7) is 8.68. The average Bonchev–Trinajstić information content (AvgIpc) is 2.63. The summed E-state index contributed by atoms with van der Waals surface area (Å²) in [6.07, 6.45) is 4.26. The van der Waals surface area contributed by atoms with E-state index in [-0.39, 0.29) is 23.1 Å². The number of esters is 1. The smallest absolute Gasteiger partial charge is 0.336 e. The van der Waals surface area contributed by atoms with Gasteiger partial charge in [-0.05, 0) is 65.5 Å². The molecule has 1 heterocycles. The van der Waals surface area contributed by atoms with Gasteiger partial charge in [0, 0.05) is 32.9 Å². The standard InChI is InChI=1S/C24H30INO3/c1-5-6-7-12-29-23(28)20-15(2)26-18-13-24(3,4)14-19(27)22(18)21(20)16-8-10-17(25)11-9-16/h8-11,21,26H,5-7,12-14H2,1-4H3/t21-/m0/s1. The highest BCUT2D eigenvalue weighted by atomic mass is 127. The zero-order valence-corrected chi connectivity index (χ0v) is 19.9. The molecule has 0 saturated heterocycles. The molecule has 0 aromatic heterocycles. The Hall–Kier alpha value is -1.63. The number of rotatable bonds is 6. The molecule has 5 heteroatoms. The average molecular weight is 507 g/mol. The molecule has 1 N–H and O–H groups in total. The molecule has 0 fully saturated rings. The molecule has 29 heavy (non-hydrogen) atoms. The zero-order chi connectivity index (χ0) is 21.2. The van der Waals surface area contributed by atoms with Crippen LogP contribution in [0.15, 0.2) is 46.8 Å². The van der Waals surface area contributed by atoms with Gasteiger partial charge < -0.3 is 10.1 Å². The number of allylic oxidation sites excluding steroid dienone is 3. The van der Waals surface area contributed by atoms with Crippen LogP contribution in [0.25, 0.3) is 0 Å². The topological polar surface area (TPSA) is 55.4 Å². The van der Waals surface area contributed by atoms with Crippen molar-refractivity contribution in [2.75, 3.05) is 6.61 Å². The number of benzene rings is 1. The van der Waals surface area contributed by atoms with E-state index in [4.69, 9.17) is 4.74 Å². The summed E-state index contributed by atoms with van der Waals surface area (Å²) in [4.78, 5) is 26.3. The number of halogens is 1. The molecule has 1 aliphatic heterocycles. The fourth-order valence-corrected chi connectivity index (χ4v) is 4.65. The lowest BCUT2D eigenvalue weighted by molar-refractivity contribution is -0.139. The Morgan fingerprint density at radius 2 is 1.90 bits per heavy atom. The van der Waals surface area contributed by atoms with Crippen LogP contribution in [0.3, 0.4) is 0 Å². The van der Waals surface area contributed by atoms with Crippen molar-refractivity contribution in [2.45, 2.75) is 65.7 Å². The van der Waals surface area contributed by atoms with Crippen LogP contribution in [0.4, 0.5) is 0 Å². The Morgan fingerprint density at radius 1 is 1.21 bits per heavy atom. The third-order valence-electron chi connectivity index (χ3n) is 5.64. The zero-order valence-electron chi connectivity index (χ0n) is 17.7. The minimum Gasteiger partial charge on any atom is -0.462 e. The Bertz CT molecular complexity index is 865. The van der Waals surface area contributed by atoms with E-state index in [9.17, 15) is 9.59 Å². The molecule has 0 bridgehead atoms. The molecule has 2 aliphatic rings. The SMILES string of the molecule is CCCCCOC(=O)C1=C(C)NC2=C(C(=O)CC(C)(C)C2)[C@H]1c1ccc(I)cc1. The van der Waals surface area contributed by atoms with E-state index in [0.29, 0.717) is 18.6 Å². The van der Waals surface area contributed by atoms with Gasteiger partial charge in [-0.2, -0.15) is 0 Å². The van der Waals surface area contributed by atoms with Crippen molar-refractivity contribution in [1.82, 2.24) is 5.32 Å². The molecule has 0 spiro atoms. The van der Waals surface area contributed by atoms with Crippen molar-refractivity contribution >= 4 is 34.3 Å². The molecule has 1 aromatic carbocycles. The number of hydrogen-bond acceptors (Lipinski definition) is 4. The Morgan fingerprint density at radius 3 is 2.55 bits per heavy atom. The van der Waals surface area contributed by atoms with Gasteiger partial charge in [-0.15, -0.1) is 0 Å². The molecule has 0 amide bonds. The van der Waals surface area contributed by atoms with Gasteiger partial charge in [-0.25, -0.2) is 4.79 Å². The van der Waals surface area contributed by atoms with Crippen LogP contribution in [-0.2, 0) is 14.3 Å². The monoisotopic (exact) mass is 507 g/mol. The van der Waals surface area contributed by atoms with E-state index in [1.165, 1.54) is 0 Å². The van der Waals surface area contributed by atoms with Crippen molar-refractivity contribution in [1.29, 1.82) is 0 Å². The Balaban J connectivity index is 2.01. The third-order valence-corrected chi connectivity index (χ3v) is 6.36. The van der Waals surface area contributed by atoms with E-state index >= 15 is 0 Å². The van der Waals surface area contributed by atoms with Crippen LogP contribution in [0, 0.1) is 8.99 Å². The van der Waals surface area contributed by atoms with Crippen LogP contribution in [0.1, 0.15) is 71.3 Å². The Labute approximate surface area is 187 Å². The van der Waals surface area contributed by atoms with Crippen molar-refractivity contribution in [3.63, 3.8) is 0 Å². The summed E-state index contributed by atoms with van der Waals surface area (Å²) in [6, 6.07) is 8.09. The summed E-state index contributed by atoms with van der Waals surface area (Å²) in [5.41, 5.74) is 3.92. The molecular formula is C24H30INO3. The van der Waals surface area contributed by atoms with Crippen LogP contribution >= 0.6 is 22.6 Å². The maximum absolute atomic E-state index is 13.2. The number of ether oxygens (including phenoxy) is 1. The van der Waals surface area contributed by atoms with Gasteiger partial charge in [0.05, 0.1) is 12.2 Å². The van der Waals surface area contributed by atoms with Gasteiger partial charge >= 0.3 is 5.97 Å². The maximum Gasteiger partial charge on any atom is 0.336 e. The number of nitrogens with one attached hydrogen (secondary N) is 1. The van der Waals surface area contributed by atoms with E-state index in [2.05, 4.69) is 48.7 Å². The molecule has 1 aromatic rings. The summed E-state index contributed by atoms with van der Waals surface area (Å²) in [7, 11) is 0. The lowest BCUT2D eigenvalue weighted by atomic mass is 9.68. The highest BCUT2D eigenvalue weighted by molar-refractivity contribution is 14.1. The fraction of sp³-hybridized carbons (Fsp3) is 0.500. The molecule has 3 rings (SSSR count). The van der Waals surface area contributed by atoms with Crippen LogP contribution in [-0.4, -0.2) is 18.4 Å². The number of Topliss-reactive ketones (excluding diaryl/α,β-unsaturated/α-hetero) is 1. The number of carbonyl (C=O) groups excluding carboxylic acids is 2. The van der Waals surface area contributed by atoms with E-state index in [0.717, 1.165) is 51.8 Å². The summed E-state index contributed by atoms with van der Waals surface area (Å²) >= 11 is 2.27. The second-order valence-corrected chi connectivity index (χ2v) is 10.1. The van der Waals surface area contributed by atoms with E-state index in [1.807, 2.05) is 31.2 Å². The lowest BCUT2D eigenvalue weighted by Gasteiger charge is -2.39. The number of carbonyl (C=O) groups is 2. The first kappa shape index (κ1) is 22.1. The largest absolute Gasteiger partial charge is 0.462 e. The van der Waals surface area contributed by atoms with Gasteiger partial charge in [0.2, 0.25) is 0 Å². The molecular weight excluding hydrogens is 477 g/mol. The van der Waals surface area contributed by atoms with Gasteiger partial charge in [0.25, 0.3) is 0 Å². The summed E-state index contributed by atoms with van der Waals surface area (Å²) in [5.74, 6) is -0.569. The maximum atomic E-state index is 13.2. The van der Waals surface area contributed by atoms with E-state index < -0.39 is 0 Å². The summed E-state index contributed by atoms with van der Waals surface area (Å²) < 4.78 is 6.73. The molecule has 156 valence electrons. The predicted octanol–water partition coefficient (Wildman–Crippen LogP) is 5.63. The molecule has 0 saturated carbocycles. The van der Waals surface area contributed by atoms with E-state index in [1.54, 1.807) is 0 Å². The highest BCUT2D eigenvalue weighted by Gasteiger charge is 2.43. The van der Waals surface area contributed by atoms with Crippen molar-refractivity contribution in [3.8, 4) is 0 Å². The molecule has 1 atom stereocenters. The minimum atomic E-state index is -0.370. The minimum absolute atomic E-state index is 0.0853. The third kappa shape index (κ3) is 4.93. The lowest BCUT2D eigenvalue weighted by Crippen LogP contribution is -2.38. The van der Waals surface area contributed by atoms with Gasteiger partial charge in [-0.1, -0.05) is 45.7 Å². The van der Waals surface area contributed by atoms with Crippen molar-refractivity contribution < 1.29 is 14.3 Å². The number of ketones is 1. The number of hydrogen-bond donors (Lipinski definition) is 1. The van der Waals surface area contributed by atoms with Gasteiger partial charge in [0.15, 0.2) is 5.78 Å².